The summed E-state index contributed by atoms with van der Waals surface area (Å²) in [6.07, 6.45) is 3.97. The van der Waals surface area contributed by atoms with Crippen LogP contribution in [0.25, 0.3) is 0 Å². The first-order valence-corrected chi connectivity index (χ1v) is 9.28. The van der Waals surface area contributed by atoms with Crippen LogP contribution in [-0.4, -0.2) is 41.8 Å². The van der Waals surface area contributed by atoms with Gasteiger partial charge in [-0.2, -0.15) is 0 Å². The number of hydrogen-bond donors (Lipinski definition) is 1. The first kappa shape index (κ1) is 17.5. The van der Waals surface area contributed by atoms with Crippen LogP contribution in [0.4, 0.5) is 11.5 Å². The topological polar surface area (TPSA) is 67.3 Å². The number of carbonyl (C=O) groups excluding carboxylic acids is 1. The summed E-state index contributed by atoms with van der Waals surface area (Å²) in [5.74, 6) is 1.79. The van der Waals surface area contributed by atoms with Gasteiger partial charge in [0, 0.05) is 19.2 Å². The summed E-state index contributed by atoms with van der Waals surface area (Å²) in [5, 5.41) is 3.71. The number of amides is 1. The maximum atomic E-state index is 12.3. The Morgan fingerprint density at radius 3 is 2.84 bits per heavy atom. The fourth-order valence-electron chi connectivity index (χ4n) is 2.77. The number of nitrogens with zero attached hydrogens (tertiary/aromatic N) is 3. The molecule has 0 aliphatic carbocycles. The Morgan fingerprint density at radius 1 is 1.28 bits per heavy atom. The number of rotatable bonds is 6. The van der Waals surface area contributed by atoms with Crippen LogP contribution in [0.5, 0.6) is 5.75 Å². The van der Waals surface area contributed by atoms with E-state index in [4.69, 9.17) is 4.74 Å². The quantitative estimate of drug-likeness (QED) is 0.632. The fourth-order valence-corrected chi connectivity index (χ4v) is 3.43. The SMILES string of the molecule is COc1ccc(C)cc1NC(=O)CSc1cc(N2CCCC2)ncn1. The number of anilines is 2. The van der Waals surface area contributed by atoms with E-state index in [0.717, 1.165) is 29.5 Å². The third-order valence-corrected chi connectivity index (χ3v) is 4.96. The van der Waals surface area contributed by atoms with Crippen LogP contribution in [0.15, 0.2) is 35.6 Å². The second-order valence-electron chi connectivity index (χ2n) is 5.95. The molecule has 0 saturated carbocycles. The van der Waals surface area contributed by atoms with E-state index in [-0.39, 0.29) is 11.7 Å². The first-order valence-electron chi connectivity index (χ1n) is 8.30. The highest BCUT2D eigenvalue weighted by molar-refractivity contribution is 7.99. The zero-order chi connectivity index (χ0) is 17.6. The van der Waals surface area contributed by atoms with Gasteiger partial charge in [0.25, 0.3) is 0 Å². The molecule has 1 N–H and O–H groups in total. The summed E-state index contributed by atoms with van der Waals surface area (Å²) in [4.78, 5) is 23.1. The number of thioether (sulfide) groups is 1. The molecule has 132 valence electrons. The van der Waals surface area contributed by atoms with Gasteiger partial charge in [-0.25, -0.2) is 9.97 Å². The minimum Gasteiger partial charge on any atom is -0.495 e. The lowest BCUT2D eigenvalue weighted by molar-refractivity contribution is -0.113. The van der Waals surface area contributed by atoms with Crippen molar-refractivity contribution in [2.45, 2.75) is 24.8 Å². The van der Waals surface area contributed by atoms with E-state index in [9.17, 15) is 4.79 Å². The molecular weight excluding hydrogens is 336 g/mol. The van der Waals surface area contributed by atoms with Crippen LogP contribution in [0.2, 0.25) is 0 Å². The molecule has 1 aliphatic heterocycles. The normalized spacial score (nSPS) is 13.8. The Labute approximate surface area is 152 Å². The van der Waals surface area contributed by atoms with E-state index in [1.807, 2.05) is 31.2 Å². The van der Waals surface area contributed by atoms with Crippen molar-refractivity contribution in [2.75, 3.05) is 36.2 Å². The van der Waals surface area contributed by atoms with Crippen molar-refractivity contribution in [2.24, 2.45) is 0 Å². The highest BCUT2D eigenvalue weighted by Crippen LogP contribution is 2.26. The molecule has 3 rings (SSSR count). The number of aryl methyl sites for hydroxylation is 1. The van der Waals surface area contributed by atoms with Crippen LogP contribution in [0.1, 0.15) is 18.4 Å². The van der Waals surface area contributed by atoms with Gasteiger partial charge in [0.1, 0.15) is 22.9 Å². The highest BCUT2D eigenvalue weighted by Gasteiger charge is 2.15. The number of hydrogen-bond acceptors (Lipinski definition) is 6. The monoisotopic (exact) mass is 358 g/mol. The summed E-state index contributed by atoms with van der Waals surface area (Å²) in [6.45, 7) is 4.05. The Kier molecular flexibility index (Phi) is 5.75. The van der Waals surface area contributed by atoms with Crippen LogP contribution >= 0.6 is 11.8 Å². The van der Waals surface area contributed by atoms with E-state index in [1.165, 1.54) is 24.6 Å². The van der Waals surface area contributed by atoms with Crippen molar-refractivity contribution < 1.29 is 9.53 Å². The lowest BCUT2D eigenvalue weighted by Crippen LogP contribution is -2.19. The molecule has 0 spiro atoms. The maximum Gasteiger partial charge on any atom is 0.234 e. The molecule has 7 heteroatoms. The molecule has 1 saturated heterocycles. The largest absolute Gasteiger partial charge is 0.495 e. The molecule has 1 amide bonds. The molecular formula is C18H22N4O2S. The number of benzene rings is 1. The third kappa shape index (κ3) is 4.63. The van der Waals surface area contributed by atoms with Crippen molar-refractivity contribution in [3.05, 3.63) is 36.2 Å². The molecule has 1 aromatic carbocycles. The Hall–Kier alpha value is -2.28. The van der Waals surface area contributed by atoms with Crippen LogP contribution in [0.3, 0.4) is 0 Å². The third-order valence-electron chi connectivity index (χ3n) is 4.04. The number of ether oxygens (including phenoxy) is 1. The van der Waals surface area contributed by atoms with Gasteiger partial charge < -0.3 is 15.0 Å². The van der Waals surface area contributed by atoms with Crippen molar-refractivity contribution in [1.82, 2.24) is 9.97 Å². The minimum absolute atomic E-state index is 0.0877. The number of methoxy groups -OCH3 is 1. The van der Waals surface area contributed by atoms with E-state index >= 15 is 0 Å². The molecule has 1 fully saturated rings. The zero-order valence-corrected chi connectivity index (χ0v) is 15.3. The summed E-state index contributed by atoms with van der Waals surface area (Å²) >= 11 is 1.41. The lowest BCUT2D eigenvalue weighted by Gasteiger charge is -2.16. The molecule has 25 heavy (non-hydrogen) atoms. The molecule has 6 nitrogen and oxygen atoms in total. The average molecular weight is 358 g/mol. The predicted molar refractivity (Wildman–Crippen MR) is 101 cm³/mol. The molecule has 0 radical (unpaired) electrons. The highest BCUT2D eigenvalue weighted by atomic mass is 32.2. The molecule has 1 aliphatic rings. The van der Waals surface area contributed by atoms with E-state index in [2.05, 4.69) is 20.2 Å². The Bertz CT molecular complexity index is 748. The summed E-state index contributed by atoms with van der Waals surface area (Å²) in [7, 11) is 1.59. The van der Waals surface area contributed by atoms with Gasteiger partial charge in [-0.05, 0) is 37.5 Å². The zero-order valence-electron chi connectivity index (χ0n) is 14.5. The van der Waals surface area contributed by atoms with Crippen molar-refractivity contribution >= 4 is 29.2 Å². The molecule has 2 aromatic rings. The van der Waals surface area contributed by atoms with Crippen LogP contribution in [-0.2, 0) is 4.79 Å². The van der Waals surface area contributed by atoms with Gasteiger partial charge in [0.05, 0.1) is 18.6 Å². The van der Waals surface area contributed by atoms with Gasteiger partial charge in [-0.1, -0.05) is 17.8 Å². The van der Waals surface area contributed by atoms with Crippen molar-refractivity contribution in [3.63, 3.8) is 0 Å². The molecule has 1 aromatic heterocycles. The summed E-state index contributed by atoms with van der Waals surface area (Å²) in [5.41, 5.74) is 1.75. The van der Waals surface area contributed by atoms with Gasteiger partial charge in [0.2, 0.25) is 5.91 Å². The van der Waals surface area contributed by atoms with Crippen LogP contribution in [0, 0.1) is 6.92 Å². The van der Waals surface area contributed by atoms with Crippen molar-refractivity contribution in [1.29, 1.82) is 0 Å². The van der Waals surface area contributed by atoms with Gasteiger partial charge >= 0.3 is 0 Å². The number of aromatic nitrogens is 2. The average Bonchev–Trinajstić information content (AvgIpc) is 3.15. The lowest BCUT2D eigenvalue weighted by atomic mass is 10.2. The molecule has 0 unspecified atom stereocenters. The predicted octanol–water partition coefficient (Wildman–Crippen LogP) is 3.12. The minimum atomic E-state index is -0.0877. The summed E-state index contributed by atoms with van der Waals surface area (Å²) < 4.78 is 5.29. The van der Waals surface area contributed by atoms with Gasteiger partial charge in [0.15, 0.2) is 0 Å². The summed E-state index contributed by atoms with van der Waals surface area (Å²) in [6, 6.07) is 7.66. The number of carbonyl (C=O) groups is 1. The van der Waals surface area contributed by atoms with E-state index in [1.54, 1.807) is 13.4 Å². The smallest absolute Gasteiger partial charge is 0.234 e. The van der Waals surface area contributed by atoms with Crippen molar-refractivity contribution in [3.8, 4) is 5.75 Å². The fraction of sp³-hybridized carbons (Fsp3) is 0.389. The number of nitrogens with one attached hydrogen (secondary N) is 1. The van der Waals surface area contributed by atoms with Gasteiger partial charge in [-0.3, -0.25) is 4.79 Å². The second-order valence-corrected chi connectivity index (χ2v) is 6.94. The van der Waals surface area contributed by atoms with E-state index in [0.29, 0.717) is 11.4 Å². The van der Waals surface area contributed by atoms with Crippen LogP contribution < -0.4 is 15.0 Å². The Balaban J connectivity index is 1.59. The molecule has 2 heterocycles. The second kappa shape index (κ2) is 8.20. The maximum absolute atomic E-state index is 12.3. The Morgan fingerprint density at radius 2 is 2.08 bits per heavy atom. The molecule has 0 atom stereocenters. The molecule has 0 bridgehead atoms. The van der Waals surface area contributed by atoms with Gasteiger partial charge in [-0.15, -0.1) is 0 Å². The van der Waals surface area contributed by atoms with E-state index < -0.39 is 0 Å². The standard InChI is InChI=1S/C18H22N4O2S/c1-13-5-6-15(24-2)14(9-13)21-17(23)11-25-18-10-16(19-12-20-18)22-7-3-4-8-22/h5-6,9-10,12H,3-4,7-8,11H2,1-2H3,(H,21,23). The first-order chi connectivity index (χ1) is 12.2.